The van der Waals surface area contributed by atoms with Crippen molar-refractivity contribution in [3.8, 4) is 0 Å². The fourth-order valence-electron chi connectivity index (χ4n) is 3.55. The second kappa shape index (κ2) is 7.29. The number of likely N-dealkylation sites (N-methyl/N-ethyl adjacent to an activating group) is 1. The fourth-order valence-corrected chi connectivity index (χ4v) is 3.95. The summed E-state index contributed by atoms with van der Waals surface area (Å²) in [5, 5.41) is 0. The van der Waals surface area contributed by atoms with Gasteiger partial charge in [0.25, 0.3) is 5.91 Å². The summed E-state index contributed by atoms with van der Waals surface area (Å²) in [5.74, 6) is 0.0826. The SMILES string of the molecule is CCN1CCN(C(=O)c2cc3oc(Br)cc3n2Cc2ccccc2)CC1. The lowest BCUT2D eigenvalue weighted by Crippen LogP contribution is -2.48. The Kier molecular flexibility index (Phi) is 4.87. The van der Waals surface area contributed by atoms with Gasteiger partial charge in [-0.15, -0.1) is 0 Å². The molecule has 1 aliphatic heterocycles. The average Bonchev–Trinajstić information content (AvgIpc) is 3.19. The van der Waals surface area contributed by atoms with Gasteiger partial charge in [0.2, 0.25) is 0 Å². The summed E-state index contributed by atoms with van der Waals surface area (Å²) in [7, 11) is 0. The van der Waals surface area contributed by atoms with Crippen LogP contribution in [0.3, 0.4) is 0 Å². The van der Waals surface area contributed by atoms with Gasteiger partial charge < -0.3 is 18.8 Å². The average molecular weight is 416 g/mol. The van der Waals surface area contributed by atoms with Gasteiger partial charge in [0.1, 0.15) is 5.69 Å². The molecule has 3 aromatic rings. The van der Waals surface area contributed by atoms with E-state index < -0.39 is 0 Å². The monoisotopic (exact) mass is 415 g/mol. The number of halogens is 1. The third-order valence-electron chi connectivity index (χ3n) is 5.07. The number of rotatable bonds is 4. The van der Waals surface area contributed by atoms with E-state index in [1.807, 2.05) is 35.2 Å². The Morgan fingerprint density at radius 2 is 1.85 bits per heavy atom. The van der Waals surface area contributed by atoms with Crippen LogP contribution in [0.2, 0.25) is 0 Å². The predicted molar refractivity (Wildman–Crippen MR) is 105 cm³/mol. The van der Waals surface area contributed by atoms with Crippen molar-refractivity contribution in [3.05, 3.63) is 58.4 Å². The fraction of sp³-hybridized carbons (Fsp3) is 0.350. The molecule has 26 heavy (non-hydrogen) atoms. The van der Waals surface area contributed by atoms with Crippen LogP contribution in [0.4, 0.5) is 0 Å². The van der Waals surface area contributed by atoms with Gasteiger partial charge in [0, 0.05) is 44.9 Å². The van der Waals surface area contributed by atoms with Crippen molar-refractivity contribution >= 4 is 32.9 Å². The Morgan fingerprint density at radius 1 is 1.12 bits per heavy atom. The summed E-state index contributed by atoms with van der Waals surface area (Å²) < 4.78 is 8.46. The van der Waals surface area contributed by atoms with Gasteiger partial charge in [0.15, 0.2) is 10.3 Å². The summed E-state index contributed by atoms with van der Waals surface area (Å²) in [6.45, 7) is 7.25. The number of nitrogens with zero attached hydrogens (tertiary/aromatic N) is 3. The number of hydrogen-bond donors (Lipinski definition) is 0. The number of amides is 1. The first-order valence-electron chi connectivity index (χ1n) is 9.00. The molecule has 0 atom stereocenters. The summed E-state index contributed by atoms with van der Waals surface area (Å²) in [5.41, 5.74) is 3.53. The van der Waals surface area contributed by atoms with E-state index >= 15 is 0 Å². The summed E-state index contributed by atoms with van der Waals surface area (Å²) in [4.78, 5) is 17.5. The predicted octanol–water partition coefficient (Wildman–Crippen LogP) is 3.82. The van der Waals surface area contributed by atoms with E-state index in [1.165, 1.54) is 0 Å². The number of fused-ring (bicyclic) bond motifs is 1. The van der Waals surface area contributed by atoms with Crippen LogP contribution in [0, 0.1) is 0 Å². The van der Waals surface area contributed by atoms with Crippen LogP contribution in [-0.4, -0.2) is 53.0 Å². The minimum Gasteiger partial charge on any atom is -0.448 e. The molecule has 1 amide bonds. The molecule has 3 heterocycles. The van der Waals surface area contributed by atoms with Crippen LogP contribution < -0.4 is 0 Å². The third-order valence-corrected chi connectivity index (χ3v) is 5.46. The third kappa shape index (κ3) is 3.31. The Balaban J connectivity index is 1.67. The lowest BCUT2D eigenvalue weighted by atomic mass is 10.2. The van der Waals surface area contributed by atoms with E-state index in [4.69, 9.17) is 4.42 Å². The maximum Gasteiger partial charge on any atom is 0.270 e. The highest BCUT2D eigenvalue weighted by molar-refractivity contribution is 9.10. The first-order chi connectivity index (χ1) is 12.7. The molecular weight excluding hydrogens is 394 g/mol. The number of benzene rings is 1. The standard InChI is InChI=1S/C20H22BrN3O2/c1-2-22-8-10-23(11-9-22)20(25)17-12-18-16(13-19(21)26-18)24(17)14-15-6-4-3-5-7-15/h3-7,12-13H,2,8-11,14H2,1H3. The van der Waals surface area contributed by atoms with Crippen molar-refractivity contribution in [2.24, 2.45) is 0 Å². The van der Waals surface area contributed by atoms with Crippen LogP contribution in [-0.2, 0) is 6.54 Å². The van der Waals surface area contributed by atoms with E-state index in [-0.39, 0.29) is 5.91 Å². The van der Waals surface area contributed by atoms with Crippen LogP contribution >= 0.6 is 15.9 Å². The molecule has 0 aliphatic carbocycles. The molecule has 0 unspecified atom stereocenters. The number of carbonyl (C=O) groups is 1. The maximum atomic E-state index is 13.2. The van der Waals surface area contributed by atoms with E-state index in [9.17, 15) is 4.79 Å². The molecule has 6 heteroatoms. The van der Waals surface area contributed by atoms with Crippen LogP contribution in [0.15, 0.2) is 51.6 Å². The second-order valence-electron chi connectivity index (χ2n) is 6.63. The van der Waals surface area contributed by atoms with E-state index in [0.29, 0.717) is 16.9 Å². The van der Waals surface area contributed by atoms with Gasteiger partial charge in [-0.2, -0.15) is 0 Å². The molecule has 2 aromatic heterocycles. The topological polar surface area (TPSA) is 41.6 Å². The van der Waals surface area contributed by atoms with Gasteiger partial charge in [-0.25, -0.2) is 0 Å². The minimum absolute atomic E-state index is 0.0826. The van der Waals surface area contributed by atoms with Crippen molar-refractivity contribution in [1.82, 2.24) is 14.4 Å². The van der Waals surface area contributed by atoms with Crippen LogP contribution in [0.25, 0.3) is 11.1 Å². The van der Waals surface area contributed by atoms with Crippen molar-refractivity contribution in [2.75, 3.05) is 32.7 Å². The van der Waals surface area contributed by atoms with Crippen molar-refractivity contribution in [2.45, 2.75) is 13.5 Å². The van der Waals surface area contributed by atoms with E-state index in [0.717, 1.165) is 49.4 Å². The Morgan fingerprint density at radius 3 is 2.54 bits per heavy atom. The lowest BCUT2D eigenvalue weighted by molar-refractivity contribution is 0.0633. The van der Waals surface area contributed by atoms with E-state index in [1.54, 1.807) is 0 Å². The van der Waals surface area contributed by atoms with Gasteiger partial charge >= 0.3 is 0 Å². The summed E-state index contributed by atoms with van der Waals surface area (Å²) >= 11 is 3.40. The lowest BCUT2D eigenvalue weighted by Gasteiger charge is -2.34. The second-order valence-corrected chi connectivity index (χ2v) is 7.41. The zero-order valence-corrected chi connectivity index (χ0v) is 16.4. The van der Waals surface area contributed by atoms with Gasteiger partial charge in [-0.05, 0) is 28.0 Å². The molecule has 5 nitrogen and oxygen atoms in total. The summed E-state index contributed by atoms with van der Waals surface area (Å²) in [6, 6.07) is 14.0. The zero-order chi connectivity index (χ0) is 18.1. The molecule has 1 aliphatic rings. The van der Waals surface area contributed by atoms with Gasteiger partial charge in [-0.1, -0.05) is 37.3 Å². The highest BCUT2D eigenvalue weighted by atomic mass is 79.9. The number of hydrogen-bond acceptors (Lipinski definition) is 3. The highest BCUT2D eigenvalue weighted by Crippen LogP contribution is 2.28. The van der Waals surface area contributed by atoms with E-state index in [2.05, 4.69) is 44.5 Å². The first kappa shape index (κ1) is 17.4. The Hall–Kier alpha value is -2.05. The van der Waals surface area contributed by atoms with Crippen molar-refractivity contribution in [3.63, 3.8) is 0 Å². The molecule has 1 saturated heterocycles. The smallest absolute Gasteiger partial charge is 0.270 e. The van der Waals surface area contributed by atoms with Gasteiger partial charge in [-0.3, -0.25) is 4.79 Å². The molecule has 136 valence electrons. The number of piperazine rings is 1. The minimum atomic E-state index is 0.0826. The van der Waals surface area contributed by atoms with Crippen molar-refractivity contribution < 1.29 is 9.21 Å². The zero-order valence-electron chi connectivity index (χ0n) is 14.8. The highest BCUT2D eigenvalue weighted by Gasteiger charge is 2.26. The molecular formula is C20H22BrN3O2. The Labute approximate surface area is 161 Å². The number of aromatic nitrogens is 1. The van der Waals surface area contributed by atoms with Crippen molar-refractivity contribution in [1.29, 1.82) is 0 Å². The molecule has 1 aromatic carbocycles. The molecule has 1 fully saturated rings. The Bertz CT molecular complexity index is 908. The van der Waals surface area contributed by atoms with Gasteiger partial charge in [0.05, 0.1) is 5.52 Å². The number of furan rings is 1. The first-order valence-corrected chi connectivity index (χ1v) is 9.79. The van der Waals surface area contributed by atoms with Crippen LogP contribution in [0.5, 0.6) is 0 Å². The largest absolute Gasteiger partial charge is 0.448 e. The maximum absolute atomic E-state index is 13.2. The normalized spacial score (nSPS) is 15.7. The molecule has 4 rings (SSSR count). The molecule has 0 radical (unpaired) electrons. The number of carbonyl (C=O) groups excluding carboxylic acids is 1. The summed E-state index contributed by atoms with van der Waals surface area (Å²) in [6.07, 6.45) is 0. The molecule has 0 bridgehead atoms. The quantitative estimate of drug-likeness (QED) is 0.650. The molecule has 0 N–H and O–H groups in total. The molecule has 0 spiro atoms. The van der Waals surface area contributed by atoms with Crippen LogP contribution in [0.1, 0.15) is 23.0 Å². The molecule has 0 saturated carbocycles.